The van der Waals surface area contributed by atoms with Gasteiger partial charge in [-0.15, -0.1) is 0 Å². The van der Waals surface area contributed by atoms with E-state index in [-0.39, 0.29) is 0 Å². The first kappa shape index (κ1) is 15.4. The van der Waals surface area contributed by atoms with Crippen LogP contribution >= 0.6 is 0 Å². The van der Waals surface area contributed by atoms with Crippen LogP contribution in [0.25, 0.3) is 0 Å². The minimum Gasteiger partial charge on any atom is -0.272 e. The molecule has 0 fully saturated rings. The largest absolute Gasteiger partial charge is 0.272 e. The number of nitrogens with zero attached hydrogens (tertiary/aromatic N) is 2. The molecule has 112 valence electrons. The van der Waals surface area contributed by atoms with E-state index in [4.69, 9.17) is 5.26 Å². The van der Waals surface area contributed by atoms with Gasteiger partial charge in [0.2, 0.25) is 5.82 Å². The molecule has 0 unspecified atom stereocenters. The molecule has 1 N–H and O–H groups in total. The number of hydrogen-bond donors (Lipinski definition) is 1. The van der Waals surface area contributed by atoms with E-state index in [0.29, 0.717) is 11.1 Å². The third kappa shape index (κ3) is 2.88. The number of rotatable bonds is 3. The van der Waals surface area contributed by atoms with Gasteiger partial charge in [0.25, 0.3) is 0 Å². The molecule has 0 atom stereocenters. The van der Waals surface area contributed by atoms with Crippen LogP contribution < -0.4 is 5.43 Å². The number of halogens is 5. The Bertz CT molecular complexity index is 750. The van der Waals surface area contributed by atoms with Crippen molar-refractivity contribution in [3.05, 3.63) is 64.5 Å². The molecule has 22 heavy (non-hydrogen) atoms. The molecule has 0 aliphatic carbocycles. The van der Waals surface area contributed by atoms with Crippen LogP contribution in [-0.4, -0.2) is 6.21 Å². The summed E-state index contributed by atoms with van der Waals surface area (Å²) in [7, 11) is 0. The Morgan fingerprint density at radius 2 is 1.36 bits per heavy atom. The Hall–Kier alpha value is -2.95. The van der Waals surface area contributed by atoms with Crippen LogP contribution in [0.15, 0.2) is 29.4 Å². The molecular formula is C14H6F5N3. The molecule has 2 aromatic carbocycles. The zero-order chi connectivity index (χ0) is 16.3. The molecular weight excluding hydrogens is 305 g/mol. The maximum atomic E-state index is 13.3. The normalized spacial score (nSPS) is 10.7. The standard InChI is InChI=1S/C14H6F5N3/c15-9-10(16)12(18)14(13(19)11(9)17)22-21-6-8-3-1-7(5-20)2-4-8/h1-4,6,22H/b21-6-. The van der Waals surface area contributed by atoms with Gasteiger partial charge in [-0.25, -0.2) is 22.0 Å². The van der Waals surface area contributed by atoms with Crippen molar-refractivity contribution >= 4 is 11.9 Å². The summed E-state index contributed by atoms with van der Waals surface area (Å²) in [6.45, 7) is 0. The lowest BCUT2D eigenvalue weighted by atomic mass is 10.2. The average Bonchev–Trinajstić information content (AvgIpc) is 2.55. The van der Waals surface area contributed by atoms with E-state index in [2.05, 4.69) is 5.10 Å². The monoisotopic (exact) mass is 311 g/mol. The highest BCUT2D eigenvalue weighted by molar-refractivity contribution is 5.80. The third-order valence-corrected chi connectivity index (χ3v) is 2.64. The average molecular weight is 311 g/mol. The van der Waals surface area contributed by atoms with Crippen LogP contribution in [0.1, 0.15) is 11.1 Å². The summed E-state index contributed by atoms with van der Waals surface area (Å²) in [5, 5.41) is 12.0. The molecule has 0 aliphatic rings. The quantitative estimate of drug-likeness (QED) is 0.309. The second-order valence-electron chi connectivity index (χ2n) is 4.05. The summed E-state index contributed by atoms with van der Waals surface area (Å²) < 4.78 is 65.4. The number of benzene rings is 2. The molecule has 0 saturated carbocycles. The Kier molecular flexibility index (Phi) is 4.36. The molecule has 0 aromatic heterocycles. The molecule has 0 heterocycles. The van der Waals surface area contributed by atoms with Gasteiger partial charge in [-0.05, 0) is 17.7 Å². The minimum absolute atomic E-state index is 0.393. The number of anilines is 1. The van der Waals surface area contributed by atoms with Crippen LogP contribution in [0.3, 0.4) is 0 Å². The van der Waals surface area contributed by atoms with Crippen molar-refractivity contribution in [2.45, 2.75) is 0 Å². The first-order valence-corrected chi connectivity index (χ1v) is 5.76. The van der Waals surface area contributed by atoms with Gasteiger partial charge in [-0.1, -0.05) is 12.1 Å². The minimum atomic E-state index is -2.24. The predicted octanol–water partition coefficient (Wildman–Crippen LogP) is 3.70. The van der Waals surface area contributed by atoms with Crippen molar-refractivity contribution in [2.75, 3.05) is 5.43 Å². The van der Waals surface area contributed by atoms with E-state index >= 15 is 0 Å². The van der Waals surface area contributed by atoms with E-state index in [1.807, 2.05) is 6.07 Å². The lowest BCUT2D eigenvalue weighted by molar-refractivity contribution is 0.381. The van der Waals surface area contributed by atoms with Gasteiger partial charge in [0.05, 0.1) is 17.8 Å². The van der Waals surface area contributed by atoms with Crippen molar-refractivity contribution in [1.29, 1.82) is 5.26 Å². The zero-order valence-corrected chi connectivity index (χ0v) is 10.7. The second-order valence-corrected chi connectivity index (χ2v) is 4.05. The first-order chi connectivity index (χ1) is 10.5. The Morgan fingerprint density at radius 3 is 1.86 bits per heavy atom. The van der Waals surface area contributed by atoms with Crippen LogP contribution in [0.4, 0.5) is 27.6 Å². The number of nitrogens with one attached hydrogen (secondary N) is 1. The molecule has 8 heteroatoms. The van der Waals surface area contributed by atoms with E-state index in [1.165, 1.54) is 24.3 Å². The van der Waals surface area contributed by atoms with Crippen molar-refractivity contribution in [1.82, 2.24) is 0 Å². The molecule has 0 saturated heterocycles. The maximum absolute atomic E-state index is 13.3. The summed E-state index contributed by atoms with van der Waals surface area (Å²) in [5.74, 6) is -10.4. The molecule has 3 nitrogen and oxygen atoms in total. The molecule has 2 aromatic rings. The maximum Gasteiger partial charge on any atom is 0.200 e. The summed E-state index contributed by atoms with van der Waals surface area (Å²) in [6.07, 6.45) is 1.10. The summed E-state index contributed by atoms with van der Waals surface area (Å²) in [6, 6.07) is 7.81. The topological polar surface area (TPSA) is 48.2 Å². The summed E-state index contributed by atoms with van der Waals surface area (Å²) in [4.78, 5) is 0. The summed E-state index contributed by atoms with van der Waals surface area (Å²) in [5.41, 5.74) is 1.37. The molecule has 2 rings (SSSR count). The lowest BCUT2D eigenvalue weighted by Gasteiger charge is -2.06. The van der Waals surface area contributed by atoms with Crippen molar-refractivity contribution in [3.63, 3.8) is 0 Å². The Labute approximate surface area is 121 Å². The molecule has 0 amide bonds. The van der Waals surface area contributed by atoms with Crippen LogP contribution in [-0.2, 0) is 0 Å². The fourth-order valence-corrected chi connectivity index (χ4v) is 1.52. The molecule has 0 bridgehead atoms. The van der Waals surface area contributed by atoms with E-state index < -0.39 is 34.8 Å². The van der Waals surface area contributed by atoms with Crippen molar-refractivity contribution in [2.24, 2.45) is 5.10 Å². The fourth-order valence-electron chi connectivity index (χ4n) is 1.52. The number of hydrazone groups is 1. The highest BCUT2D eigenvalue weighted by Gasteiger charge is 2.25. The molecule has 0 radical (unpaired) electrons. The fraction of sp³-hybridized carbons (Fsp3) is 0. The van der Waals surface area contributed by atoms with Crippen molar-refractivity contribution in [3.8, 4) is 6.07 Å². The van der Waals surface area contributed by atoms with Gasteiger partial charge in [-0.2, -0.15) is 10.4 Å². The lowest BCUT2D eigenvalue weighted by Crippen LogP contribution is -2.06. The first-order valence-electron chi connectivity index (χ1n) is 5.76. The number of nitriles is 1. The van der Waals surface area contributed by atoms with Crippen LogP contribution in [0, 0.1) is 40.4 Å². The van der Waals surface area contributed by atoms with Gasteiger partial charge in [0, 0.05) is 0 Å². The molecule has 0 spiro atoms. The zero-order valence-electron chi connectivity index (χ0n) is 10.7. The highest BCUT2D eigenvalue weighted by Crippen LogP contribution is 2.26. The molecule has 0 aliphatic heterocycles. The second kappa shape index (κ2) is 6.22. The SMILES string of the molecule is N#Cc1ccc(/C=N\Nc2c(F)c(F)c(F)c(F)c2F)cc1. The van der Waals surface area contributed by atoms with Gasteiger partial charge >= 0.3 is 0 Å². The third-order valence-electron chi connectivity index (χ3n) is 2.64. The van der Waals surface area contributed by atoms with Gasteiger partial charge in [0.1, 0.15) is 5.69 Å². The van der Waals surface area contributed by atoms with Gasteiger partial charge in [-0.3, -0.25) is 5.43 Å². The van der Waals surface area contributed by atoms with Crippen LogP contribution in [0.2, 0.25) is 0 Å². The predicted molar refractivity (Wildman–Crippen MR) is 68.6 cm³/mol. The van der Waals surface area contributed by atoms with E-state index in [0.717, 1.165) is 6.21 Å². The van der Waals surface area contributed by atoms with Gasteiger partial charge < -0.3 is 0 Å². The van der Waals surface area contributed by atoms with E-state index in [1.54, 1.807) is 5.43 Å². The van der Waals surface area contributed by atoms with E-state index in [9.17, 15) is 22.0 Å². The number of hydrogen-bond acceptors (Lipinski definition) is 3. The van der Waals surface area contributed by atoms with Crippen LogP contribution in [0.5, 0.6) is 0 Å². The van der Waals surface area contributed by atoms with Crippen molar-refractivity contribution < 1.29 is 22.0 Å². The summed E-state index contributed by atoms with van der Waals surface area (Å²) >= 11 is 0. The Morgan fingerprint density at radius 1 is 0.864 bits per heavy atom. The van der Waals surface area contributed by atoms with Gasteiger partial charge in [0.15, 0.2) is 23.3 Å². The smallest absolute Gasteiger partial charge is 0.200 e. The Balaban J connectivity index is 2.24. The highest BCUT2D eigenvalue weighted by atomic mass is 19.2.